The Morgan fingerprint density at radius 2 is 1.75 bits per heavy atom. The molecule has 0 unspecified atom stereocenters. The molecule has 9 rings (SSSR count). The molecule has 0 radical (unpaired) electrons. The number of benzene rings is 4. The van der Waals surface area contributed by atoms with Gasteiger partial charge >= 0.3 is 6.01 Å². The second kappa shape index (κ2) is 22.9. The Balaban J connectivity index is 0.776. The van der Waals surface area contributed by atoms with Crippen molar-refractivity contribution in [1.82, 2.24) is 40.7 Å². The number of phenolic OH excluding ortho intramolecular Hbond substituents is 1. The molecule has 4 aromatic carbocycles. The lowest BCUT2D eigenvalue weighted by Gasteiger charge is -2.35. The number of β-amino-alcohol motifs (C(OH)–C–C–N with tert-alkyl or cyclic N) is 1. The van der Waals surface area contributed by atoms with E-state index >= 15 is 4.39 Å². The summed E-state index contributed by atoms with van der Waals surface area (Å²) in [6, 6.07) is 18.0. The summed E-state index contributed by atoms with van der Waals surface area (Å²) in [6.45, 7) is 18.4. The third kappa shape index (κ3) is 12.2. The lowest BCUT2D eigenvalue weighted by Crippen LogP contribution is -2.58. The number of aliphatic hydroxyl groups is 1. The number of nitrogens with zero attached hydrogens (tertiary/aromatic N) is 6. The van der Waals surface area contributed by atoms with Gasteiger partial charge in [-0.15, -0.1) is 11.3 Å². The van der Waals surface area contributed by atoms with E-state index in [1.165, 1.54) is 11.0 Å². The molecular formula is C56H65ClFN9O7S. The number of piperidine rings is 1. The van der Waals surface area contributed by atoms with Crippen molar-refractivity contribution >= 4 is 73.8 Å². The van der Waals surface area contributed by atoms with Crippen molar-refractivity contribution in [3.63, 3.8) is 0 Å². The largest absolute Gasteiger partial charge is 0.508 e. The van der Waals surface area contributed by atoms with Crippen molar-refractivity contribution in [1.29, 1.82) is 0 Å². The lowest BCUT2D eigenvalue weighted by atomic mass is 9.85. The van der Waals surface area contributed by atoms with Crippen LogP contribution in [0.5, 0.6) is 11.8 Å². The summed E-state index contributed by atoms with van der Waals surface area (Å²) in [4.78, 5) is 62.0. The van der Waals surface area contributed by atoms with Crippen LogP contribution in [0.4, 0.5) is 10.2 Å². The van der Waals surface area contributed by atoms with E-state index in [9.17, 15) is 24.6 Å². The SMILES string of the molecule is C=C(NC(=O)[C@@H]1C[C@@H](O)CN1C(=O)[C@@H](NC(=O)COCC1CCN(C[C@@H](C)Oc2nc(N3CCNCC3)c3cc(Cl)c(-c4cc(O)cc5ccccc45)c(F)c3n2)CC1)C(C)(C)C)c1ccc(-c2scnc2C)cc1. The molecule has 5 heterocycles. The number of thiazole rings is 1. The molecule has 3 fully saturated rings. The first-order valence-corrected chi connectivity index (χ1v) is 26.8. The van der Waals surface area contributed by atoms with Crippen LogP contribution >= 0.6 is 22.9 Å². The molecule has 75 heavy (non-hydrogen) atoms. The van der Waals surface area contributed by atoms with Gasteiger partial charge in [0.15, 0.2) is 5.82 Å². The van der Waals surface area contributed by atoms with Crippen LogP contribution in [-0.2, 0) is 19.1 Å². The Bertz CT molecular complexity index is 3080. The molecule has 3 aliphatic rings. The van der Waals surface area contributed by atoms with Crippen LogP contribution in [0.2, 0.25) is 5.02 Å². The zero-order valence-corrected chi connectivity index (χ0v) is 44.6. The predicted octanol–water partition coefficient (Wildman–Crippen LogP) is 7.57. The van der Waals surface area contributed by atoms with Gasteiger partial charge in [0.25, 0.3) is 0 Å². The molecule has 16 nitrogen and oxygen atoms in total. The van der Waals surface area contributed by atoms with Crippen LogP contribution in [-0.4, -0.2) is 143 Å². The standard InChI is InChI=1S/C56H65ClFN9O7S/c1-32(74-55-63-49-43(52(64-55)66-21-17-59-18-22-66)26-44(57)47(48(49)58)42-24-39(68)23-38-9-7-8-10-41(38)42)27-65-19-15-35(16-20-65)29-73-30-46(70)62-51(56(4,5)6)54(72)67-28-40(69)25-45(67)53(71)61-33(2)36-11-13-37(14-12-36)50-34(3)60-31-75-50/h7-14,23-24,26,31-32,35,40,45,51,59,68-69H,2,15-22,25,27-30H2,1,3-6H3,(H,61,71)(H,62,70)/t32-,40-,45+,51-/m1/s1. The van der Waals surface area contributed by atoms with Crippen LogP contribution in [0.25, 0.3) is 48.9 Å². The van der Waals surface area contributed by atoms with E-state index in [2.05, 4.69) is 42.3 Å². The molecule has 19 heteroatoms. The number of ether oxygens (including phenoxy) is 2. The summed E-state index contributed by atoms with van der Waals surface area (Å²) in [7, 11) is 0. The number of carbonyl (C=O) groups excluding carboxylic acids is 3. The fourth-order valence-corrected chi connectivity index (χ4v) is 11.4. The first-order valence-electron chi connectivity index (χ1n) is 25.5. The van der Waals surface area contributed by atoms with Gasteiger partial charge in [0.2, 0.25) is 17.7 Å². The topological polar surface area (TPSA) is 195 Å². The molecule has 396 valence electrons. The maximum Gasteiger partial charge on any atom is 0.319 e. The maximum atomic E-state index is 17.0. The number of fused-ring (bicyclic) bond motifs is 2. The molecule has 0 aliphatic carbocycles. The average Bonchev–Trinajstić information content (AvgIpc) is 4.01. The highest BCUT2D eigenvalue weighted by atomic mass is 35.5. The number of hydrogen-bond donors (Lipinski definition) is 5. The van der Waals surface area contributed by atoms with Gasteiger partial charge in [-0.2, -0.15) is 9.97 Å². The van der Waals surface area contributed by atoms with Gasteiger partial charge < -0.3 is 45.4 Å². The fraction of sp³-hybridized carbons (Fsp3) is 0.429. The summed E-state index contributed by atoms with van der Waals surface area (Å²) < 4.78 is 29.4. The molecule has 0 saturated carbocycles. The van der Waals surface area contributed by atoms with Gasteiger partial charge in [-0.25, -0.2) is 9.37 Å². The number of halogens is 2. The number of phenols is 1. The number of piperazine rings is 1. The quantitative estimate of drug-likeness (QED) is 0.0638. The van der Waals surface area contributed by atoms with Crippen molar-refractivity contribution in [3.05, 3.63) is 101 Å². The van der Waals surface area contributed by atoms with E-state index in [4.69, 9.17) is 26.1 Å². The molecule has 3 aliphatic heterocycles. The summed E-state index contributed by atoms with van der Waals surface area (Å²) in [5, 5.41) is 32.5. The Morgan fingerprint density at radius 1 is 1.01 bits per heavy atom. The Hall–Kier alpha value is -6.28. The zero-order valence-electron chi connectivity index (χ0n) is 43.0. The van der Waals surface area contributed by atoms with E-state index in [1.54, 1.807) is 29.0 Å². The van der Waals surface area contributed by atoms with Gasteiger partial charge in [0.1, 0.15) is 41.9 Å². The second-order valence-electron chi connectivity index (χ2n) is 21.0. The van der Waals surface area contributed by atoms with Crippen LogP contribution in [0, 0.1) is 24.1 Å². The number of amides is 3. The van der Waals surface area contributed by atoms with Crippen LogP contribution in [0.3, 0.4) is 0 Å². The van der Waals surface area contributed by atoms with Crippen molar-refractivity contribution in [2.45, 2.75) is 78.2 Å². The molecular weight excluding hydrogens is 997 g/mol. The zero-order chi connectivity index (χ0) is 53.1. The van der Waals surface area contributed by atoms with Gasteiger partial charge in [-0.05, 0) is 96.8 Å². The first kappa shape index (κ1) is 53.5. The van der Waals surface area contributed by atoms with E-state index in [0.29, 0.717) is 54.3 Å². The van der Waals surface area contributed by atoms with Crippen molar-refractivity contribution in [2.75, 3.05) is 70.5 Å². The minimum absolute atomic E-state index is 0.00907. The van der Waals surface area contributed by atoms with Crippen LogP contribution in [0.1, 0.15) is 58.2 Å². The van der Waals surface area contributed by atoms with E-state index in [0.717, 1.165) is 65.9 Å². The lowest BCUT2D eigenvalue weighted by molar-refractivity contribution is -0.144. The minimum Gasteiger partial charge on any atom is -0.508 e. The fourth-order valence-electron chi connectivity index (χ4n) is 10.3. The molecule has 0 spiro atoms. The second-order valence-corrected chi connectivity index (χ2v) is 22.2. The van der Waals surface area contributed by atoms with Crippen LogP contribution < -0.4 is 25.6 Å². The van der Waals surface area contributed by atoms with Crippen molar-refractivity contribution < 1.29 is 38.5 Å². The Labute approximate surface area is 445 Å². The number of aliphatic hydroxyl groups excluding tert-OH is 1. The Kier molecular flexibility index (Phi) is 16.4. The average molecular weight is 1060 g/mol. The Morgan fingerprint density at radius 3 is 2.45 bits per heavy atom. The maximum absolute atomic E-state index is 17.0. The highest BCUT2D eigenvalue weighted by Gasteiger charge is 2.45. The highest BCUT2D eigenvalue weighted by Crippen LogP contribution is 2.43. The monoisotopic (exact) mass is 1060 g/mol. The normalized spacial score (nSPS) is 18.6. The number of anilines is 1. The molecule has 4 atom stereocenters. The van der Waals surface area contributed by atoms with Gasteiger partial charge in [0.05, 0.1) is 33.8 Å². The van der Waals surface area contributed by atoms with Gasteiger partial charge in [-0.3, -0.25) is 19.3 Å². The summed E-state index contributed by atoms with van der Waals surface area (Å²) in [6.07, 6.45) is 0.412. The molecule has 3 saturated heterocycles. The van der Waals surface area contributed by atoms with Gasteiger partial charge in [-0.1, -0.05) is 87.5 Å². The number of likely N-dealkylation sites (tertiary alicyclic amines) is 2. The summed E-state index contributed by atoms with van der Waals surface area (Å²) in [5.41, 5.74) is 4.73. The molecule has 3 amide bonds. The number of hydrogen-bond acceptors (Lipinski definition) is 14. The molecule has 6 aromatic rings. The van der Waals surface area contributed by atoms with E-state index in [-0.39, 0.29) is 59.5 Å². The highest BCUT2D eigenvalue weighted by molar-refractivity contribution is 7.13. The molecule has 0 bridgehead atoms. The first-order chi connectivity index (χ1) is 35.9. The third-order valence-electron chi connectivity index (χ3n) is 14.3. The predicted molar refractivity (Wildman–Crippen MR) is 291 cm³/mol. The number of rotatable bonds is 16. The van der Waals surface area contributed by atoms with E-state index < -0.39 is 47.1 Å². The van der Waals surface area contributed by atoms with Crippen molar-refractivity contribution in [3.8, 4) is 33.3 Å². The number of nitrogens with one attached hydrogen (secondary N) is 3. The summed E-state index contributed by atoms with van der Waals surface area (Å²) >= 11 is 8.46. The smallest absolute Gasteiger partial charge is 0.319 e. The van der Waals surface area contributed by atoms with E-state index in [1.807, 2.05) is 83.1 Å². The number of aromatic hydroxyl groups is 1. The van der Waals surface area contributed by atoms with Gasteiger partial charge in [0, 0.05) is 62.3 Å². The number of aromatic nitrogens is 3. The minimum atomic E-state index is -0.998. The number of aryl methyl sites for hydroxylation is 1. The third-order valence-corrected chi connectivity index (χ3v) is 15.6. The van der Waals surface area contributed by atoms with Crippen molar-refractivity contribution in [2.24, 2.45) is 11.3 Å². The summed E-state index contributed by atoms with van der Waals surface area (Å²) in [5.74, 6) is -1.30. The van der Waals surface area contributed by atoms with Crippen LogP contribution in [0.15, 0.2) is 78.8 Å². The molecule has 2 aromatic heterocycles. The number of carbonyl (C=O) groups is 3. The molecule has 5 N–H and O–H groups in total.